The number of sulfonamides is 1. The molecule has 3 aromatic carbocycles. The summed E-state index contributed by atoms with van der Waals surface area (Å²) in [5.74, 6) is -1.21. The number of ether oxygens (including phenoxy) is 1. The molecule has 1 aliphatic rings. The molecule has 0 unspecified atom stereocenters. The van der Waals surface area contributed by atoms with Crippen LogP contribution in [0.25, 0.3) is 0 Å². The predicted molar refractivity (Wildman–Crippen MR) is 140 cm³/mol. The number of hydrogen-bond acceptors (Lipinski definition) is 5. The second-order valence-electron chi connectivity index (χ2n) is 8.62. The van der Waals surface area contributed by atoms with E-state index < -0.39 is 28.5 Å². The zero-order valence-corrected chi connectivity index (χ0v) is 21.3. The SMILES string of the molecule is CCc1cccc(CC)c1NC(=O)COC(=O)c1cccc(S(=O)(=O)N2CCCc3ccccc32)c1. The highest BCUT2D eigenvalue weighted by Gasteiger charge is 2.29. The minimum Gasteiger partial charge on any atom is -0.452 e. The van der Waals surface area contributed by atoms with Crippen molar-refractivity contribution in [1.82, 2.24) is 0 Å². The summed E-state index contributed by atoms with van der Waals surface area (Å²) in [4.78, 5) is 25.2. The molecule has 4 rings (SSSR count). The maximum absolute atomic E-state index is 13.4. The average Bonchev–Trinajstić information content (AvgIpc) is 2.91. The Bertz CT molecular complexity index is 1360. The van der Waals surface area contributed by atoms with Gasteiger partial charge < -0.3 is 10.1 Å². The van der Waals surface area contributed by atoms with Crippen molar-refractivity contribution in [2.45, 2.75) is 44.4 Å². The largest absolute Gasteiger partial charge is 0.452 e. The number of fused-ring (bicyclic) bond motifs is 1. The summed E-state index contributed by atoms with van der Waals surface area (Å²) in [7, 11) is -3.87. The molecule has 7 nitrogen and oxygen atoms in total. The highest BCUT2D eigenvalue weighted by atomic mass is 32.2. The van der Waals surface area contributed by atoms with Gasteiger partial charge in [-0.1, -0.05) is 56.3 Å². The molecule has 0 aliphatic carbocycles. The highest BCUT2D eigenvalue weighted by molar-refractivity contribution is 7.92. The summed E-state index contributed by atoms with van der Waals surface area (Å²) in [5.41, 5.74) is 4.46. The van der Waals surface area contributed by atoms with E-state index in [1.54, 1.807) is 6.07 Å². The third-order valence-electron chi connectivity index (χ3n) is 6.32. The van der Waals surface area contributed by atoms with Gasteiger partial charge in [0, 0.05) is 12.2 Å². The Morgan fingerprint density at radius 2 is 1.64 bits per heavy atom. The predicted octanol–water partition coefficient (Wildman–Crippen LogP) is 4.75. The molecule has 1 amide bonds. The van der Waals surface area contributed by atoms with E-state index in [-0.39, 0.29) is 10.5 Å². The number of esters is 1. The van der Waals surface area contributed by atoms with Crippen LogP contribution in [0.1, 0.15) is 47.3 Å². The van der Waals surface area contributed by atoms with Gasteiger partial charge in [-0.3, -0.25) is 9.10 Å². The Balaban J connectivity index is 1.47. The van der Waals surface area contributed by atoms with Crippen LogP contribution in [0.2, 0.25) is 0 Å². The summed E-state index contributed by atoms with van der Waals surface area (Å²) in [6, 6.07) is 19.0. The summed E-state index contributed by atoms with van der Waals surface area (Å²) < 4.78 is 33.5. The topological polar surface area (TPSA) is 92.8 Å². The monoisotopic (exact) mass is 506 g/mol. The lowest BCUT2D eigenvalue weighted by Gasteiger charge is -2.30. The van der Waals surface area contributed by atoms with Crippen LogP contribution in [0.4, 0.5) is 11.4 Å². The summed E-state index contributed by atoms with van der Waals surface area (Å²) in [5, 5.41) is 2.86. The molecule has 0 bridgehead atoms. The molecule has 1 N–H and O–H groups in total. The van der Waals surface area contributed by atoms with Gasteiger partial charge in [0.1, 0.15) is 0 Å². The number of para-hydroxylation sites is 2. The number of nitrogens with one attached hydrogen (secondary N) is 1. The van der Waals surface area contributed by atoms with Gasteiger partial charge in [-0.05, 0) is 66.6 Å². The molecule has 0 fully saturated rings. The molecular formula is C28H30N2O5S. The summed E-state index contributed by atoms with van der Waals surface area (Å²) in [6.45, 7) is 3.91. The first kappa shape index (κ1) is 25.4. The van der Waals surface area contributed by atoms with Crippen molar-refractivity contribution < 1.29 is 22.7 Å². The molecule has 0 aromatic heterocycles. The molecule has 0 saturated heterocycles. The zero-order valence-electron chi connectivity index (χ0n) is 20.5. The normalized spacial score (nSPS) is 13.1. The minimum atomic E-state index is -3.87. The van der Waals surface area contributed by atoms with Gasteiger partial charge in [-0.15, -0.1) is 0 Å². The van der Waals surface area contributed by atoms with Crippen LogP contribution in [0.15, 0.2) is 71.6 Å². The van der Waals surface area contributed by atoms with Crippen LogP contribution >= 0.6 is 0 Å². The van der Waals surface area contributed by atoms with Crippen LogP contribution in [-0.2, 0) is 38.8 Å². The van der Waals surface area contributed by atoms with E-state index >= 15 is 0 Å². The van der Waals surface area contributed by atoms with Crippen molar-refractivity contribution in [3.63, 3.8) is 0 Å². The lowest BCUT2D eigenvalue weighted by molar-refractivity contribution is -0.119. The molecule has 3 aromatic rings. The molecule has 188 valence electrons. The maximum Gasteiger partial charge on any atom is 0.338 e. The van der Waals surface area contributed by atoms with Crippen LogP contribution in [-0.4, -0.2) is 33.4 Å². The van der Waals surface area contributed by atoms with Gasteiger partial charge in [-0.25, -0.2) is 13.2 Å². The average molecular weight is 507 g/mol. The fourth-order valence-electron chi connectivity index (χ4n) is 4.45. The Hall–Kier alpha value is -3.65. The van der Waals surface area contributed by atoms with Crippen molar-refractivity contribution in [2.75, 3.05) is 22.8 Å². The number of aryl methyl sites for hydroxylation is 3. The van der Waals surface area contributed by atoms with E-state index in [0.29, 0.717) is 18.7 Å². The van der Waals surface area contributed by atoms with E-state index in [2.05, 4.69) is 5.32 Å². The van der Waals surface area contributed by atoms with Crippen LogP contribution in [0.3, 0.4) is 0 Å². The van der Waals surface area contributed by atoms with Crippen molar-refractivity contribution in [2.24, 2.45) is 0 Å². The minimum absolute atomic E-state index is 0.00238. The Labute approximate surface area is 212 Å². The van der Waals surface area contributed by atoms with Crippen molar-refractivity contribution in [1.29, 1.82) is 0 Å². The summed E-state index contributed by atoms with van der Waals surface area (Å²) in [6.07, 6.45) is 3.05. The number of amides is 1. The molecule has 36 heavy (non-hydrogen) atoms. The molecule has 8 heteroatoms. The van der Waals surface area contributed by atoms with Gasteiger partial charge >= 0.3 is 5.97 Å². The third-order valence-corrected chi connectivity index (χ3v) is 8.13. The second kappa shape index (κ2) is 11.0. The Kier molecular flexibility index (Phi) is 7.74. The molecule has 0 spiro atoms. The van der Waals surface area contributed by atoms with Gasteiger partial charge in [-0.2, -0.15) is 0 Å². The molecular weight excluding hydrogens is 476 g/mol. The first-order valence-corrected chi connectivity index (χ1v) is 13.6. The third kappa shape index (κ3) is 5.28. The lowest BCUT2D eigenvalue weighted by Crippen LogP contribution is -2.35. The lowest BCUT2D eigenvalue weighted by atomic mass is 10.0. The fourth-order valence-corrected chi connectivity index (χ4v) is 6.04. The van der Waals surface area contributed by atoms with Crippen molar-refractivity contribution in [3.05, 3.63) is 89.0 Å². The number of carbonyl (C=O) groups is 2. The van der Waals surface area contributed by atoms with E-state index in [1.807, 2.05) is 50.2 Å². The van der Waals surface area contributed by atoms with Crippen molar-refractivity contribution >= 4 is 33.3 Å². The number of carbonyl (C=O) groups excluding carboxylic acids is 2. The van der Waals surface area contributed by atoms with Crippen molar-refractivity contribution in [3.8, 4) is 0 Å². The fraction of sp³-hybridized carbons (Fsp3) is 0.286. The van der Waals surface area contributed by atoms with E-state index in [4.69, 9.17) is 4.74 Å². The van der Waals surface area contributed by atoms with Crippen LogP contribution in [0.5, 0.6) is 0 Å². The standard InChI is InChI=1S/C28H30N2O5S/c1-3-20-11-7-12-21(4-2)27(20)29-26(31)19-35-28(32)23-13-8-15-24(18-23)36(33,34)30-17-9-14-22-10-5-6-16-25(22)30/h5-8,10-13,15-16,18H,3-4,9,14,17,19H2,1-2H3,(H,29,31). The molecule has 0 atom stereocenters. The van der Waals surface area contributed by atoms with Gasteiger partial charge in [0.2, 0.25) is 0 Å². The van der Waals surface area contributed by atoms with Gasteiger partial charge in [0.05, 0.1) is 16.1 Å². The Morgan fingerprint density at radius 3 is 2.36 bits per heavy atom. The van der Waals surface area contributed by atoms with Crippen LogP contribution in [0, 0.1) is 0 Å². The van der Waals surface area contributed by atoms with Crippen LogP contribution < -0.4 is 9.62 Å². The smallest absolute Gasteiger partial charge is 0.338 e. The first-order valence-electron chi connectivity index (χ1n) is 12.1. The second-order valence-corrected chi connectivity index (χ2v) is 10.5. The highest BCUT2D eigenvalue weighted by Crippen LogP contribution is 2.32. The number of rotatable bonds is 8. The van der Waals surface area contributed by atoms with E-state index in [9.17, 15) is 18.0 Å². The zero-order chi connectivity index (χ0) is 25.7. The molecule has 1 heterocycles. The number of hydrogen-bond donors (Lipinski definition) is 1. The number of benzene rings is 3. The first-order chi connectivity index (χ1) is 17.3. The number of nitrogens with zero attached hydrogens (tertiary/aromatic N) is 1. The Morgan fingerprint density at radius 1 is 0.944 bits per heavy atom. The molecule has 1 aliphatic heterocycles. The quantitative estimate of drug-likeness (QED) is 0.445. The van der Waals surface area contributed by atoms with Gasteiger partial charge in [0.15, 0.2) is 6.61 Å². The van der Waals surface area contributed by atoms with E-state index in [0.717, 1.165) is 41.6 Å². The molecule has 0 saturated carbocycles. The van der Waals surface area contributed by atoms with E-state index in [1.165, 1.54) is 28.6 Å². The number of anilines is 2. The molecule has 0 radical (unpaired) electrons. The van der Waals surface area contributed by atoms with Gasteiger partial charge in [0.25, 0.3) is 15.9 Å². The summed E-state index contributed by atoms with van der Waals surface area (Å²) >= 11 is 0. The maximum atomic E-state index is 13.4.